The molecule has 0 atom stereocenters. The van der Waals surface area contributed by atoms with E-state index in [0.29, 0.717) is 5.69 Å². The van der Waals surface area contributed by atoms with Crippen molar-refractivity contribution in [1.82, 2.24) is 10.2 Å². The Morgan fingerprint density at radius 1 is 1.44 bits per heavy atom. The SMILES string of the molecule is O=C(Nc1cn[nH]c1)c1cccc(OC(F)F)c1. The highest BCUT2D eigenvalue weighted by atomic mass is 19.3. The Morgan fingerprint density at radius 2 is 2.28 bits per heavy atom. The third kappa shape index (κ3) is 3.03. The van der Waals surface area contributed by atoms with Gasteiger partial charge in [0.25, 0.3) is 5.91 Å². The molecule has 0 saturated carbocycles. The molecule has 1 aromatic heterocycles. The first-order valence-electron chi connectivity index (χ1n) is 5.00. The molecule has 1 aromatic carbocycles. The monoisotopic (exact) mass is 253 g/mol. The molecule has 7 heteroatoms. The lowest BCUT2D eigenvalue weighted by atomic mass is 10.2. The van der Waals surface area contributed by atoms with E-state index in [4.69, 9.17) is 0 Å². The van der Waals surface area contributed by atoms with Gasteiger partial charge in [-0.2, -0.15) is 13.9 Å². The van der Waals surface area contributed by atoms with Crippen molar-refractivity contribution in [3.05, 3.63) is 42.2 Å². The molecular weight excluding hydrogens is 244 g/mol. The zero-order chi connectivity index (χ0) is 13.0. The van der Waals surface area contributed by atoms with Crippen LogP contribution < -0.4 is 10.1 Å². The normalized spacial score (nSPS) is 10.4. The number of alkyl halides is 2. The Labute approximate surface area is 101 Å². The Morgan fingerprint density at radius 3 is 2.94 bits per heavy atom. The number of rotatable bonds is 4. The average molecular weight is 253 g/mol. The Bertz CT molecular complexity index is 529. The number of nitrogens with zero attached hydrogens (tertiary/aromatic N) is 1. The highest BCUT2D eigenvalue weighted by Crippen LogP contribution is 2.16. The van der Waals surface area contributed by atoms with Gasteiger partial charge in [-0.15, -0.1) is 0 Å². The molecule has 0 aliphatic carbocycles. The summed E-state index contributed by atoms with van der Waals surface area (Å²) in [5.41, 5.74) is 0.703. The number of halogens is 2. The van der Waals surface area contributed by atoms with Crippen molar-refractivity contribution in [1.29, 1.82) is 0 Å². The fraction of sp³-hybridized carbons (Fsp3) is 0.0909. The number of carbonyl (C=O) groups is 1. The summed E-state index contributed by atoms with van der Waals surface area (Å²) in [5, 5.41) is 8.74. The molecule has 0 saturated heterocycles. The van der Waals surface area contributed by atoms with Gasteiger partial charge in [0.15, 0.2) is 0 Å². The number of benzene rings is 1. The molecule has 0 unspecified atom stereocenters. The third-order valence-corrected chi connectivity index (χ3v) is 2.08. The van der Waals surface area contributed by atoms with Crippen LogP contribution in [0.25, 0.3) is 0 Å². The molecule has 0 spiro atoms. The van der Waals surface area contributed by atoms with Gasteiger partial charge >= 0.3 is 6.61 Å². The lowest BCUT2D eigenvalue weighted by molar-refractivity contribution is -0.0498. The van der Waals surface area contributed by atoms with Gasteiger partial charge in [0, 0.05) is 11.8 Å². The van der Waals surface area contributed by atoms with Crippen LogP contribution in [0.1, 0.15) is 10.4 Å². The molecule has 0 aliphatic heterocycles. The van der Waals surface area contributed by atoms with Crippen LogP contribution in [0.15, 0.2) is 36.7 Å². The van der Waals surface area contributed by atoms with E-state index in [0.717, 1.165) is 0 Å². The number of aromatic amines is 1. The van der Waals surface area contributed by atoms with Gasteiger partial charge in [-0.25, -0.2) is 0 Å². The number of anilines is 1. The van der Waals surface area contributed by atoms with E-state index in [1.807, 2.05) is 0 Å². The van der Waals surface area contributed by atoms with Crippen LogP contribution >= 0.6 is 0 Å². The summed E-state index contributed by atoms with van der Waals surface area (Å²) < 4.78 is 28.3. The summed E-state index contributed by atoms with van der Waals surface area (Å²) in [7, 11) is 0. The molecule has 0 fully saturated rings. The molecule has 0 radical (unpaired) electrons. The van der Waals surface area contributed by atoms with Gasteiger partial charge in [0.05, 0.1) is 11.9 Å². The van der Waals surface area contributed by atoms with Crippen molar-refractivity contribution < 1.29 is 18.3 Å². The zero-order valence-corrected chi connectivity index (χ0v) is 9.06. The molecule has 2 aromatic rings. The highest BCUT2D eigenvalue weighted by Gasteiger charge is 2.10. The molecule has 0 bridgehead atoms. The summed E-state index contributed by atoms with van der Waals surface area (Å²) >= 11 is 0. The van der Waals surface area contributed by atoms with Crippen LogP contribution in [0.3, 0.4) is 0 Å². The molecule has 5 nitrogen and oxygen atoms in total. The molecule has 2 N–H and O–H groups in total. The van der Waals surface area contributed by atoms with Gasteiger partial charge in [0.2, 0.25) is 0 Å². The van der Waals surface area contributed by atoms with Crippen molar-refractivity contribution in [2.45, 2.75) is 6.61 Å². The summed E-state index contributed by atoms with van der Waals surface area (Å²) in [6.07, 6.45) is 2.93. The first kappa shape index (κ1) is 12.0. The van der Waals surface area contributed by atoms with Gasteiger partial charge in [-0.3, -0.25) is 9.89 Å². The third-order valence-electron chi connectivity index (χ3n) is 2.08. The Kier molecular flexibility index (Phi) is 3.52. The maximum Gasteiger partial charge on any atom is 0.387 e. The largest absolute Gasteiger partial charge is 0.435 e. The second kappa shape index (κ2) is 5.26. The van der Waals surface area contributed by atoms with E-state index in [2.05, 4.69) is 20.3 Å². The summed E-state index contributed by atoms with van der Waals surface area (Å²) in [6.45, 7) is -2.92. The number of amides is 1. The van der Waals surface area contributed by atoms with Gasteiger partial charge in [-0.05, 0) is 18.2 Å². The van der Waals surface area contributed by atoms with Crippen molar-refractivity contribution >= 4 is 11.6 Å². The fourth-order valence-electron chi connectivity index (χ4n) is 1.34. The second-order valence-corrected chi connectivity index (χ2v) is 3.35. The lowest BCUT2D eigenvalue weighted by Crippen LogP contribution is -2.11. The molecule has 1 heterocycles. The number of hydrogen-bond donors (Lipinski definition) is 2. The van der Waals surface area contributed by atoms with Crippen LogP contribution in [0.4, 0.5) is 14.5 Å². The van der Waals surface area contributed by atoms with Crippen molar-refractivity contribution in [2.24, 2.45) is 0 Å². The van der Waals surface area contributed by atoms with Crippen LogP contribution in [0.2, 0.25) is 0 Å². The van der Waals surface area contributed by atoms with Gasteiger partial charge in [-0.1, -0.05) is 6.07 Å². The summed E-state index contributed by atoms with van der Waals surface area (Å²) in [4.78, 5) is 11.8. The number of nitrogens with one attached hydrogen (secondary N) is 2. The minimum Gasteiger partial charge on any atom is -0.435 e. The Balaban J connectivity index is 2.10. The minimum atomic E-state index is -2.92. The average Bonchev–Trinajstić information content (AvgIpc) is 2.81. The van der Waals surface area contributed by atoms with Crippen molar-refractivity contribution in [2.75, 3.05) is 5.32 Å². The maximum atomic E-state index is 12.0. The maximum absolute atomic E-state index is 12.0. The van der Waals surface area contributed by atoms with E-state index < -0.39 is 12.5 Å². The van der Waals surface area contributed by atoms with Crippen LogP contribution in [-0.2, 0) is 0 Å². The van der Waals surface area contributed by atoms with Crippen LogP contribution in [-0.4, -0.2) is 22.7 Å². The van der Waals surface area contributed by atoms with Crippen LogP contribution in [0.5, 0.6) is 5.75 Å². The lowest BCUT2D eigenvalue weighted by Gasteiger charge is -2.06. The topological polar surface area (TPSA) is 67.0 Å². The fourth-order valence-corrected chi connectivity index (χ4v) is 1.34. The zero-order valence-electron chi connectivity index (χ0n) is 9.06. The highest BCUT2D eigenvalue weighted by molar-refractivity contribution is 6.04. The summed E-state index contributed by atoms with van der Waals surface area (Å²) in [6, 6.07) is 5.54. The van der Waals surface area contributed by atoms with E-state index in [1.165, 1.54) is 36.7 Å². The van der Waals surface area contributed by atoms with E-state index in [9.17, 15) is 13.6 Å². The van der Waals surface area contributed by atoms with Crippen LogP contribution in [0, 0.1) is 0 Å². The minimum absolute atomic E-state index is 0.0650. The Hall–Kier alpha value is -2.44. The van der Waals surface area contributed by atoms with E-state index >= 15 is 0 Å². The standard InChI is InChI=1S/C11H9F2N3O2/c12-11(13)18-9-3-1-2-7(4-9)10(17)16-8-5-14-15-6-8/h1-6,11H,(H,14,15)(H,16,17). The van der Waals surface area contributed by atoms with Gasteiger partial charge < -0.3 is 10.1 Å². The van der Waals surface area contributed by atoms with Crippen molar-refractivity contribution in [3.63, 3.8) is 0 Å². The number of aromatic nitrogens is 2. The second-order valence-electron chi connectivity index (χ2n) is 3.35. The number of hydrogen-bond acceptors (Lipinski definition) is 3. The van der Waals surface area contributed by atoms with E-state index in [-0.39, 0.29) is 11.3 Å². The molecule has 94 valence electrons. The molecule has 1 amide bonds. The van der Waals surface area contributed by atoms with E-state index in [1.54, 1.807) is 0 Å². The molecule has 0 aliphatic rings. The predicted molar refractivity (Wildman–Crippen MR) is 59.6 cm³/mol. The first-order chi connectivity index (χ1) is 8.65. The molecular formula is C11H9F2N3O2. The number of H-pyrrole nitrogens is 1. The molecule has 18 heavy (non-hydrogen) atoms. The number of carbonyl (C=O) groups excluding carboxylic acids is 1. The quantitative estimate of drug-likeness (QED) is 0.878. The first-order valence-corrected chi connectivity index (χ1v) is 5.00. The molecule has 2 rings (SSSR count). The summed E-state index contributed by atoms with van der Waals surface area (Å²) in [5.74, 6) is -0.499. The number of ether oxygens (including phenoxy) is 1. The van der Waals surface area contributed by atoms with Gasteiger partial charge in [0.1, 0.15) is 5.75 Å². The predicted octanol–water partition coefficient (Wildman–Crippen LogP) is 2.26. The van der Waals surface area contributed by atoms with Crippen molar-refractivity contribution in [3.8, 4) is 5.75 Å². The smallest absolute Gasteiger partial charge is 0.387 e.